The van der Waals surface area contributed by atoms with Gasteiger partial charge in [0.2, 0.25) is 0 Å². The molecule has 2 aromatic rings. The van der Waals surface area contributed by atoms with Gasteiger partial charge in [-0.2, -0.15) is 0 Å². The van der Waals surface area contributed by atoms with Gasteiger partial charge in [-0.3, -0.25) is 4.79 Å². The monoisotopic (exact) mass is 325 g/mol. The molecule has 1 aliphatic carbocycles. The molecule has 0 radical (unpaired) electrons. The van der Waals surface area contributed by atoms with Gasteiger partial charge in [-0.1, -0.05) is 24.3 Å². The molecule has 0 bridgehead atoms. The summed E-state index contributed by atoms with van der Waals surface area (Å²) in [6, 6.07) is 11.1. The van der Waals surface area contributed by atoms with Crippen LogP contribution in [0.5, 0.6) is 0 Å². The Hall–Kier alpha value is -2.40. The third-order valence-corrected chi connectivity index (χ3v) is 4.59. The molecule has 2 N–H and O–H groups in total. The third kappa shape index (κ3) is 3.12. The summed E-state index contributed by atoms with van der Waals surface area (Å²) < 4.78 is 0. The number of hydrogen-bond acceptors (Lipinski definition) is 4. The van der Waals surface area contributed by atoms with Gasteiger partial charge >= 0.3 is 0 Å². The molecule has 2 atom stereocenters. The number of carbonyl (C=O) groups is 1. The number of carbonyl (C=O) groups excluding carboxylic acids is 1. The molecule has 5 nitrogen and oxygen atoms in total. The van der Waals surface area contributed by atoms with Crippen LogP contribution >= 0.6 is 0 Å². The van der Waals surface area contributed by atoms with E-state index in [1.54, 1.807) is 12.3 Å². The lowest BCUT2D eigenvalue weighted by Gasteiger charge is -2.20. The molecule has 5 heteroatoms. The summed E-state index contributed by atoms with van der Waals surface area (Å²) >= 11 is 0. The molecule has 0 saturated heterocycles. The summed E-state index contributed by atoms with van der Waals surface area (Å²) in [5.74, 6) is 0.650. The van der Waals surface area contributed by atoms with Crippen LogP contribution in [0.2, 0.25) is 0 Å². The zero-order valence-corrected chi connectivity index (χ0v) is 14.1. The maximum atomic E-state index is 12.5. The molecule has 0 saturated carbocycles. The Morgan fingerprint density at radius 1 is 1.25 bits per heavy atom. The van der Waals surface area contributed by atoms with Crippen LogP contribution in [-0.4, -0.2) is 35.2 Å². The highest BCUT2D eigenvalue weighted by atomic mass is 16.3. The smallest absolute Gasteiger partial charge is 0.253 e. The average molecular weight is 325 g/mol. The highest BCUT2D eigenvalue weighted by molar-refractivity contribution is 5.94. The van der Waals surface area contributed by atoms with E-state index in [-0.39, 0.29) is 11.9 Å². The first-order valence-corrected chi connectivity index (χ1v) is 8.41. The minimum atomic E-state index is -0.589. The zero-order chi connectivity index (χ0) is 17.1. The van der Waals surface area contributed by atoms with Crippen LogP contribution < -0.4 is 10.2 Å². The van der Waals surface area contributed by atoms with Crippen LogP contribution in [-0.2, 0) is 6.42 Å². The maximum absolute atomic E-state index is 12.5. The molecular formula is C19H23N3O2. The molecule has 2 unspecified atom stereocenters. The SMILES string of the molecule is CCN(CC)c1ccc(C(=O)NC2c3ccccc3CC2O)cn1. The van der Waals surface area contributed by atoms with E-state index in [2.05, 4.69) is 29.0 Å². The van der Waals surface area contributed by atoms with Gasteiger partial charge in [0, 0.05) is 25.7 Å². The fraction of sp³-hybridized carbons (Fsp3) is 0.368. The number of nitrogens with one attached hydrogen (secondary N) is 1. The van der Waals surface area contributed by atoms with Crippen molar-refractivity contribution >= 4 is 11.7 Å². The lowest BCUT2D eigenvalue weighted by molar-refractivity contribution is 0.0858. The molecule has 1 aliphatic rings. The normalized spacial score (nSPS) is 19.0. The van der Waals surface area contributed by atoms with Gasteiger partial charge in [0.1, 0.15) is 5.82 Å². The number of aromatic nitrogens is 1. The number of amides is 1. The first kappa shape index (κ1) is 16.5. The Morgan fingerprint density at radius 2 is 2.00 bits per heavy atom. The Balaban J connectivity index is 1.74. The number of nitrogens with zero attached hydrogens (tertiary/aromatic N) is 2. The summed E-state index contributed by atoms with van der Waals surface area (Å²) in [6.45, 7) is 5.90. The molecule has 3 rings (SSSR count). The van der Waals surface area contributed by atoms with E-state index in [0.29, 0.717) is 12.0 Å². The molecule has 24 heavy (non-hydrogen) atoms. The topological polar surface area (TPSA) is 65.5 Å². The second-order valence-corrected chi connectivity index (χ2v) is 6.00. The minimum Gasteiger partial charge on any atom is -0.390 e. The molecule has 1 aromatic carbocycles. The molecule has 1 aromatic heterocycles. The summed E-state index contributed by atoms with van der Waals surface area (Å²) in [6.07, 6.45) is 1.57. The number of rotatable bonds is 5. The van der Waals surface area contributed by atoms with Crippen molar-refractivity contribution < 1.29 is 9.90 Å². The van der Waals surface area contributed by atoms with Crippen LogP contribution in [0, 0.1) is 0 Å². The van der Waals surface area contributed by atoms with Crippen molar-refractivity contribution in [2.24, 2.45) is 0 Å². The predicted molar refractivity (Wildman–Crippen MR) is 94.2 cm³/mol. The van der Waals surface area contributed by atoms with Gasteiger partial charge in [-0.15, -0.1) is 0 Å². The number of pyridine rings is 1. The van der Waals surface area contributed by atoms with E-state index < -0.39 is 6.10 Å². The van der Waals surface area contributed by atoms with Gasteiger partial charge in [-0.25, -0.2) is 4.98 Å². The standard InChI is InChI=1S/C19H23N3O2/c1-3-22(4-2)17-10-9-14(12-20-17)19(24)21-18-15-8-6-5-7-13(15)11-16(18)23/h5-10,12,16,18,23H,3-4,11H2,1-2H3,(H,21,24). The molecule has 1 amide bonds. The summed E-state index contributed by atoms with van der Waals surface area (Å²) in [5.41, 5.74) is 2.58. The molecular weight excluding hydrogens is 302 g/mol. The lowest BCUT2D eigenvalue weighted by atomic mass is 10.1. The first-order chi connectivity index (χ1) is 11.6. The largest absolute Gasteiger partial charge is 0.390 e. The molecule has 0 fully saturated rings. The van der Waals surface area contributed by atoms with Crippen molar-refractivity contribution in [2.75, 3.05) is 18.0 Å². The fourth-order valence-electron chi connectivity index (χ4n) is 3.23. The van der Waals surface area contributed by atoms with Gasteiger partial charge in [-0.05, 0) is 37.1 Å². The van der Waals surface area contributed by atoms with E-state index in [1.165, 1.54) is 0 Å². The fourth-order valence-corrected chi connectivity index (χ4v) is 3.23. The average Bonchev–Trinajstić information content (AvgIpc) is 2.92. The highest BCUT2D eigenvalue weighted by Crippen LogP contribution is 2.31. The Bertz CT molecular complexity index is 711. The van der Waals surface area contributed by atoms with Gasteiger partial charge in [0.15, 0.2) is 0 Å². The number of hydrogen-bond donors (Lipinski definition) is 2. The van der Waals surface area contributed by atoms with Gasteiger partial charge in [0.05, 0.1) is 17.7 Å². The van der Waals surface area contributed by atoms with Crippen molar-refractivity contribution in [3.63, 3.8) is 0 Å². The van der Waals surface area contributed by atoms with E-state index in [1.807, 2.05) is 30.3 Å². The van der Waals surface area contributed by atoms with Crippen LogP contribution in [0.1, 0.15) is 41.4 Å². The lowest BCUT2D eigenvalue weighted by Crippen LogP contribution is -2.34. The first-order valence-electron chi connectivity index (χ1n) is 8.41. The minimum absolute atomic E-state index is 0.214. The Morgan fingerprint density at radius 3 is 2.67 bits per heavy atom. The Labute approximate surface area is 142 Å². The van der Waals surface area contributed by atoms with Gasteiger partial charge < -0.3 is 15.3 Å². The van der Waals surface area contributed by atoms with Crippen molar-refractivity contribution in [1.29, 1.82) is 0 Å². The number of anilines is 1. The third-order valence-electron chi connectivity index (χ3n) is 4.59. The van der Waals surface area contributed by atoms with Gasteiger partial charge in [0.25, 0.3) is 5.91 Å². The predicted octanol–water partition coefficient (Wildman–Crippen LogP) is 2.32. The maximum Gasteiger partial charge on any atom is 0.253 e. The van der Waals surface area contributed by atoms with Crippen LogP contribution in [0.4, 0.5) is 5.82 Å². The molecule has 0 spiro atoms. The van der Waals surface area contributed by atoms with Crippen molar-refractivity contribution in [2.45, 2.75) is 32.4 Å². The Kier molecular flexibility index (Phi) is 4.81. The summed E-state index contributed by atoms with van der Waals surface area (Å²) in [7, 11) is 0. The van der Waals surface area contributed by atoms with Crippen LogP contribution in [0.15, 0.2) is 42.6 Å². The highest BCUT2D eigenvalue weighted by Gasteiger charge is 2.32. The van der Waals surface area contributed by atoms with Crippen LogP contribution in [0.25, 0.3) is 0 Å². The van der Waals surface area contributed by atoms with E-state index in [9.17, 15) is 9.90 Å². The number of aliphatic hydroxyl groups excluding tert-OH is 1. The summed E-state index contributed by atoms with van der Waals surface area (Å²) in [4.78, 5) is 19.0. The second kappa shape index (κ2) is 7.01. The van der Waals surface area contributed by atoms with E-state index in [0.717, 1.165) is 30.0 Å². The van der Waals surface area contributed by atoms with Crippen molar-refractivity contribution in [3.8, 4) is 0 Å². The number of aliphatic hydroxyl groups is 1. The van der Waals surface area contributed by atoms with Crippen molar-refractivity contribution in [3.05, 3.63) is 59.3 Å². The molecule has 126 valence electrons. The van der Waals surface area contributed by atoms with Crippen LogP contribution in [0.3, 0.4) is 0 Å². The molecule has 0 aliphatic heterocycles. The van der Waals surface area contributed by atoms with E-state index >= 15 is 0 Å². The molecule has 1 heterocycles. The van der Waals surface area contributed by atoms with E-state index in [4.69, 9.17) is 0 Å². The second-order valence-electron chi connectivity index (χ2n) is 6.00. The number of fused-ring (bicyclic) bond motifs is 1. The quantitative estimate of drug-likeness (QED) is 0.885. The summed E-state index contributed by atoms with van der Waals surface area (Å²) in [5, 5.41) is 13.2. The zero-order valence-electron chi connectivity index (χ0n) is 14.1. The van der Waals surface area contributed by atoms with Crippen molar-refractivity contribution in [1.82, 2.24) is 10.3 Å². The number of benzene rings is 1.